The summed E-state index contributed by atoms with van der Waals surface area (Å²) in [4.78, 5) is 14.0. The first-order chi connectivity index (χ1) is 15.7. The molecule has 1 aliphatic rings. The van der Waals surface area contributed by atoms with E-state index in [9.17, 15) is 9.18 Å². The molecule has 0 saturated carbocycles. The van der Waals surface area contributed by atoms with Gasteiger partial charge in [-0.15, -0.1) is 0 Å². The molecular weight excluding hydrogens is 423 g/mol. The summed E-state index contributed by atoms with van der Waals surface area (Å²) in [5, 5.41) is 2.99. The number of nitrogens with one attached hydrogen (secondary N) is 1. The van der Waals surface area contributed by atoms with Crippen molar-refractivity contribution in [2.24, 2.45) is 5.92 Å². The molecule has 7 heteroatoms. The van der Waals surface area contributed by atoms with Gasteiger partial charge in [0.2, 0.25) is 0 Å². The van der Waals surface area contributed by atoms with Gasteiger partial charge in [-0.05, 0) is 48.2 Å². The number of halogens is 1. The maximum atomic E-state index is 14.4. The van der Waals surface area contributed by atoms with Crippen LogP contribution in [0.5, 0.6) is 5.75 Å². The number of urea groups is 1. The van der Waals surface area contributed by atoms with Crippen molar-refractivity contribution in [2.45, 2.75) is 51.9 Å². The van der Waals surface area contributed by atoms with Crippen molar-refractivity contribution in [2.75, 3.05) is 32.3 Å². The summed E-state index contributed by atoms with van der Waals surface area (Å²) in [6.07, 6.45) is 1.34. The SMILES string of the molecule is COC1(c2cc(F)cc(OCc3ccc(N(C)C(=O)NC(C)C(C)C)cc3)c2)CCOCC1. The summed E-state index contributed by atoms with van der Waals surface area (Å²) < 4.78 is 31.5. The number of amides is 2. The fraction of sp³-hybridized carbons (Fsp3) is 0.500. The number of hydrogen-bond acceptors (Lipinski definition) is 4. The van der Waals surface area contributed by atoms with Gasteiger partial charge in [-0.25, -0.2) is 9.18 Å². The van der Waals surface area contributed by atoms with Crippen molar-refractivity contribution in [3.63, 3.8) is 0 Å². The van der Waals surface area contributed by atoms with Gasteiger partial charge >= 0.3 is 6.03 Å². The Balaban J connectivity index is 1.64. The number of ether oxygens (including phenoxy) is 3. The zero-order valence-electron chi connectivity index (χ0n) is 20.2. The molecule has 1 atom stereocenters. The molecule has 2 aromatic carbocycles. The molecule has 0 bridgehead atoms. The van der Waals surface area contributed by atoms with Crippen molar-refractivity contribution >= 4 is 11.7 Å². The second kappa shape index (κ2) is 11.0. The van der Waals surface area contributed by atoms with E-state index in [0.29, 0.717) is 37.7 Å². The predicted molar refractivity (Wildman–Crippen MR) is 127 cm³/mol. The van der Waals surface area contributed by atoms with E-state index in [1.807, 2.05) is 37.3 Å². The topological polar surface area (TPSA) is 60.0 Å². The van der Waals surface area contributed by atoms with E-state index in [0.717, 1.165) is 16.8 Å². The molecule has 33 heavy (non-hydrogen) atoms. The van der Waals surface area contributed by atoms with Crippen molar-refractivity contribution in [3.8, 4) is 5.75 Å². The first kappa shape index (κ1) is 25.0. The molecule has 2 amide bonds. The molecular formula is C26H35FN2O4. The Bertz CT molecular complexity index is 926. The quantitative estimate of drug-likeness (QED) is 0.587. The maximum absolute atomic E-state index is 14.4. The van der Waals surface area contributed by atoms with Gasteiger partial charge in [-0.2, -0.15) is 0 Å². The minimum atomic E-state index is -0.557. The van der Waals surface area contributed by atoms with E-state index in [4.69, 9.17) is 14.2 Å². The highest BCUT2D eigenvalue weighted by molar-refractivity contribution is 5.91. The molecule has 0 radical (unpaired) electrons. The number of carbonyl (C=O) groups excluding carboxylic acids is 1. The molecule has 6 nitrogen and oxygen atoms in total. The summed E-state index contributed by atoms with van der Waals surface area (Å²) >= 11 is 0. The number of anilines is 1. The van der Waals surface area contributed by atoms with Crippen molar-refractivity contribution in [1.82, 2.24) is 5.32 Å². The van der Waals surface area contributed by atoms with E-state index in [2.05, 4.69) is 19.2 Å². The third-order valence-corrected chi connectivity index (χ3v) is 6.47. The molecule has 0 spiro atoms. The van der Waals surface area contributed by atoms with Crippen LogP contribution in [0, 0.1) is 11.7 Å². The zero-order chi connectivity index (χ0) is 24.0. The van der Waals surface area contributed by atoms with Crippen LogP contribution in [-0.4, -0.2) is 39.4 Å². The summed E-state index contributed by atoms with van der Waals surface area (Å²) in [6.45, 7) is 7.57. The Kier molecular flexibility index (Phi) is 8.32. The monoisotopic (exact) mass is 458 g/mol. The third kappa shape index (κ3) is 6.24. The van der Waals surface area contributed by atoms with Crippen molar-refractivity contribution in [3.05, 3.63) is 59.4 Å². The Hall–Kier alpha value is -2.64. The van der Waals surface area contributed by atoms with Crippen LogP contribution in [0.25, 0.3) is 0 Å². The summed E-state index contributed by atoms with van der Waals surface area (Å²) in [7, 11) is 3.39. The number of nitrogens with zero attached hydrogens (tertiary/aromatic N) is 1. The number of benzene rings is 2. The Morgan fingerprint density at radius 1 is 1.15 bits per heavy atom. The predicted octanol–water partition coefficient (Wildman–Crippen LogP) is 5.25. The minimum absolute atomic E-state index is 0.0853. The average Bonchev–Trinajstić information content (AvgIpc) is 2.82. The summed E-state index contributed by atoms with van der Waals surface area (Å²) in [6, 6.07) is 12.2. The number of rotatable bonds is 8. The number of carbonyl (C=O) groups is 1. The van der Waals surface area contributed by atoms with E-state index >= 15 is 0 Å². The standard InChI is InChI=1S/C26H35FN2O4/c1-18(2)19(3)28-25(30)29(4)23-8-6-20(7-9-23)17-33-24-15-21(14-22(27)16-24)26(31-5)10-12-32-13-11-26/h6-9,14-16,18-19H,10-13,17H2,1-5H3,(H,28,30). The Morgan fingerprint density at radius 3 is 2.42 bits per heavy atom. The summed E-state index contributed by atoms with van der Waals surface area (Å²) in [5.74, 6) is 0.454. The van der Waals surface area contributed by atoms with E-state index in [-0.39, 0.29) is 24.5 Å². The van der Waals surface area contributed by atoms with Crippen LogP contribution in [0.15, 0.2) is 42.5 Å². The normalized spacial score (nSPS) is 16.3. The third-order valence-electron chi connectivity index (χ3n) is 6.47. The van der Waals surface area contributed by atoms with Crippen LogP contribution in [-0.2, 0) is 21.7 Å². The second-order valence-corrected chi connectivity index (χ2v) is 8.98. The first-order valence-electron chi connectivity index (χ1n) is 11.4. The van der Waals surface area contributed by atoms with Crippen LogP contribution >= 0.6 is 0 Å². The van der Waals surface area contributed by atoms with E-state index in [1.165, 1.54) is 12.1 Å². The van der Waals surface area contributed by atoms with Gasteiger partial charge in [0.1, 0.15) is 18.2 Å². The lowest BCUT2D eigenvalue weighted by molar-refractivity contribution is -0.0950. The lowest BCUT2D eigenvalue weighted by atomic mass is 9.86. The van der Waals surface area contributed by atoms with Gasteiger partial charge in [-0.1, -0.05) is 26.0 Å². The van der Waals surface area contributed by atoms with E-state index in [1.54, 1.807) is 19.1 Å². The molecule has 1 unspecified atom stereocenters. The van der Waals surface area contributed by atoms with Crippen LogP contribution in [0.2, 0.25) is 0 Å². The molecule has 2 aromatic rings. The molecule has 1 N–H and O–H groups in total. The van der Waals surface area contributed by atoms with Crippen LogP contribution < -0.4 is 15.0 Å². The lowest BCUT2D eigenvalue weighted by Gasteiger charge is -2.36. The highest BCUT2D eigenvalue weighted by Gasteiger charge is 2.35. The Labute approximate surface area is 196 Å². The second-order valence-electron chi connectivity index (χ2n) is 8.98. The smallest absolute Gasteiger partial charge is 0.321 e. The highest BCUT2D eigenvalue weighted by atomic mass is 19.1. The molecule has 1 fully saturated rings. The lowest BCUT2D eigenvalue weighted by Crippen LogP contribution is -2.44. The fourth-order valence-electron chi connectivity index (χ4n) is 3.78. The van der Waals surface area contributed by atoms with Crippen molar-refractivity contribution < 1.29 is 23.4 Å². The number of methoxy groups -OCH3 is 1. The van der Waals surface area contributed by atoms with Gasteiger partial charge in [0, 0.05) is 58.0 Å². The summed E-state index contributed by atoms with van der Waals surface area (Å²) in [5.41, 5.74) is 1.91. The fourth-order valence-corrected chi connectivity index (χ4v) is 3.78. The number of hydrogen-bond donors (Lipinski definition) is 1. The average molecular weight is 459 g/mol. The molecule has 0 aliphatic carbocycles. The molecule has 1 saturated heterocycles. The van der Waals surface area contributed by atoms with Gasteiger partial charge in [0.15, 0.2) is 0 Å². The minimum Gasteiger partial charge on any atom is -0.489 e. The van der Waals surface area contributed by atoms with Crippen molar-refractivity contribution in [1.29, 1.82) is 0 Å². The van der Waals surface area contributed by atoms with Gasteiger partial charge in [0.05, 0.1) is 5.60 Å². The molecule has 1 heterocycles. The molecule has 0 aromatic heterocycles. The van der Waals surface area contributed by atoms with E-state index < -0.39 is 5.60 Å². The van der Waals surface area contributed by atoms with Gasteiger partial charge in [-0.3, -0.25) is 4.90 Å². The first-order valence-corrected chi connectivity index (χ1v) is 11.4. The largest absolute Gasteiger partial charge is 0.489 e. The van der Waals surface area contributed by atoms with Crippen LogP contribution in [0.1, 0.15) is 44.7 Å². The van der Waals surface area contributed by atoms with Gasteiger partial charge < -0.3 is 19.5 Å². The molecule has 3 rings (SSSR count). The van der Waals surface area contributed by atoms with Crippen LogP contribution in [0.4, 0.5) is 14.9 Å². The maximum Gasteiger partial charge on any atom is 0.321 e. The molecule has 1 aliphatic heterocycles. The van der Waals surface area contributed by atoms with Gasteiger partial charge in [0.25, 0.3) is 0 Å². The molecule has 180 valence electrons. The van der Waals surface area contributed by atoms with Crippen LogP contribution in [0.3, 0.4) is 0 Å². The Morgan fingerprint density at radius 2 is 1.82 bits per heavy atom. The highest BCUT2D eigenvalue weighted by Crippen LogP contribution is 2.37. The zero-order valence-corrected chi connectivity index (χ0v) is 20.2.